The van der Waals surface area contributed by atoms with Gasteiger partial charge in [0.25, 0.3) is 0 Å². The lowest BCUT2D eigenvalue weighted by Gasteiger charge is -2.46. The van der Waals surface area contributed by atoms with Gasteiger partial charge in [-0.05, 0) is 18.8 Å². The molecular weight excluding hydrogens is 540 g/mol. The van der Waals surface area contributed by atoms with Crippen LogP contribution in [0.2, 0.25) is 0 Å². The lowest BCUT2D eigenvalue weighted by molar-refractivity contribution is -0.307. The first kappa shape index (κ1) is 34.3. The maximum atomic E-state index is 13.5. The van der Waals surface area contributed by atoms with E-state index in [2.05, 4.69) is 5.32 Å². The van der Waals surface area contributed by atoms with E-state index in [1.54, 1.807) is 26.8 Å². The van der Waals surface area contributed by atoms with E-state index in [4.69, 9.17) is 24.7 Å². The molecule has 13 atom stereocenters. The third kappa shape index (κ3) is 8.89. The Morgan fingerprint density at radius 1 is 1.10 bits per heavy atom. The number of nitrogens with one attached hydrogen (secondary N) is 1. The van der Waals surface area contributed by atoms with E-state index in [0.29, 0.717) is 0 Å². The Balaban J connectivity index is 1.88. The predicted molar refractivity (Wildman–Crippen MR) is 146 cm³/mol. The van der Waals surface area contributed by atoms with Crippen LogP contribution in [0.1, 0.15) is 53.9 Å². The van der Waals surface area contributed by atoms with Crippen LogP contribution in [0.3, 0.4) is 0 Å². The van der Waals surface area contributed by atoms with Crippen LogP contribution >= 0.6 is 0 Å². The number of aliphatic hydroxyl groups is 6. The highest BCUT2D eigenvalue weighted by Crippen LogP contribution is 2.38. The first-order valence-corrected chi connectivity index (χ1v) is 14.5. The largest absolute Gasteiger partial charge is 0.393 e. The number of hydrogen-bond donors (Lipinski definition) is 8. The topological polar surface area (TPSA) is 213 Å². The molecule has 238 valence electrons. The molecule has 3 fully saturated rings. The van der Waals surface area contributed by atoms with E-state index in [1.807, 2.05) is 19.9 Å². The number of amides is 1. The first-order valence-electron chi connectivity index (χ1n) is 14.5. The summed E-state index contributed by atoms with van der Waals surface area (Å²) in [7, 11) is 0. The first-order chi connectivity index (χ1) is 19.1. The van der Waals surface area contributed by atoms with E-state index >= 15 is 0 Å². The molecule has 3 saturated heterocycles. The Labute approximate surface area is 241 Å². The zero-order valence-corrected chi connectivity index (χ0v) is 24.6. The van der Waals surface area contributed by atoms with E-state index < -0.39 is 84.8 Å². The van der Waals surface area contributed by atoms with Crippen LogP contribution in [0.5, 0.6) is 0 Å². The van der Waals surface area contributed by atoms with Crippen molar-refractivity contribution in [2.75, 3.05) is 13.2 Å². The predicted octanol–water partition coefficient (Wildman–Crippen LogP) is -1.49. The summed E-state index contributed by atoms with van der Waals surface area (Å²) in [5.74, 6) is -3.78. The number of allylic oxidation sites excluding steroid dienone is 1. The molecule has 0 spiro atoms. The number of aliphatic hydroxyl groups excluding tert-OH is 5. The molecule has 0 radical (unpaired) electrons. The second-order valence-electron chi connectivity index (χ2n) is 12.4. The molecule has 3 heterocycles. The van der Waals surface area contributed by atoms with Crippen LogP contribution in [-0.4, -0.2) is 123 Å². The summed E-state index contributed by atoms with van der Waals surface area (Å²) in [4.78, 5) is 13.5. The molecule has 0 aromatic carbocycles. The van der Waals surface area contributed by atoms with Crippen molar-refractivity contribution in [2.24, 2.45) is 23.5 Å². The molecular formula is C28H50N2O11. The SMILES string of the molecule is CC(C)/C=C/[C@@H](C[C@@H]1O[C@](O)(C[C@@H](O)C(C)C)C[C@H](O)[C@H]1C(=O)N[C@@H]1COC[C@@H]1O)OC1OC(C)C(O)C(N)C1O. The minimum atomic E-state index is -1.94. The number of carbonyl (C=O) groups excluding carboxylic acids is 1. The summed E-state index contributed by atoms with van der Waals surface area (Å²) in [5.41, 5.74) is 5.98. The standard InChI is InChI=1S/C28H50N2O11/c1-13(2)6-7-16(40-27-25(35)23(29)24(34)15(5)39-27)8-21-22(26(36)30-17-11-38-12-20(17)33)19(32)10-28(37,41-21)9-18(31)14(3)4/h6-7,13-25,27,31-35,37H,8-12,29H2,1-5H3,(H,30,36)/b7-6+/t15?,16-,17+,18+,19-,20-,21-,22+,23?,24?,25?,27?,28+/m0/s1. The Hall–Kier alpha value is -1.23. The van der Waals surface area contributed by atoms with Gasteiger partial charge in [0.15, 0.2) is 12.1 Å². The lowest BCUT2D eigenvalue weighted by Crippen LogP contribution is -2.62. The van der Waals surface area contributed by atoms with E-state index in [-0.39, 0.29) is 44.3 Å². The van der Waals surface area contributed by atoms with Gasteiger partial charge in [-0.2, -0.15) is 0 Å². The van der Waals surface area contributed by atoms with Gasteiger partial charge in [0.2, 0.25) is 5.91 Å². The molecule has 1 amide bonds. The Bertz CT molecular complexity index is 876. The molecule has 0 aliphatic carbocycles. The van der Waals surface area contributed by atoms with Crippen molar-refractivity contribution in [3.63, 3.8) is 0 Å². The smallest absolute Gasteiger partial charge is 0.228 e. The molecule has 0 aromatic heterocycles. The van der Waals surface area contributed by atoms with Gasteiger partial charge in [-0.3, -0.25) is 4.79 Å². The van der Waals surface area contributed by atoms with Gasteiger partial charge in [-0.15, -0.1) is 0 Å². The average molecular weight is 591 g/mol. The molecule has 3 aliphatic rings. The molecule has 41 heavy (non-hydrogen) atoms. The van der Waals surface area contributed by atoms with Crippen molar-refractivity contribution in [3.8, 4) is 0 Å². The van der Waals surface area contributed by atoms with E-state index in [0.717, 1.165) is 0 Å². The highest BCUT2D eigenvalue weighted by Gasteiger charge is 2.51. The quantitative estimate of drug-likeness (QED) is 0.129. The number of nitrogens with two attached hydrogens (primary N) is 1. The van der Waals surface area contributed by atoms with Crippen LogP contribution in [0.25, 0.3) is 0 Å². The second-order valence-corrected chi connectivity index (χ2v) is 12.4. The van der Waals surface area contributed by atoms with E-state index in [9.17, 15) is 35.4 Å². The van der Waals surface area contributed by atoms with Crippen LogP contribution < -0.4 is 11.1 Å². The van der Waals surface area contributed by atoms with Gasteiger partial charge in [0.05, 0.1) is 73.9 Å². The number of hydrogen-bond acceptors (Lipinski definition) is 12. The third-order valence-electron chi connectivity index (χ3n) is 8.07. The van der Waals surface area contributed by atoms with Crippen molar-refractivity contribution in [2.45, 2.75) is 127 Å². The summed E-state index contributed by atoms with van der Waals surface area (Å²) >= 11 is 0. The Kier molecular flexibility index (Phi) is 12.1. The lowest BCUT2D eigenvalue weighted by atomic mass is 9.81. The van der Waals surface area contributed by atoms with Gasteiger partial charge in [0.1, 0.15) is 6.10 Å². The molecule has 0 saturated carbocycles. The normalized spacial score (nSPS) is 41.7. The molecule has 3 rings (SSSR count). The number of rotatable bonds is 11. The monoisotopic (exact) mass is 590 g/mol. The van der Waals surface area contributed by atoms with Crippen LogP contribution in [0, 0.1) is 17.8 Å². The fraction of sp³-hybridized carbons (Fsp3) is 0.893. The summed E-state index contributed by atoms with van der Waals surface area (Å²) in [6.45, 7) is 9.26. The van der Waals surface area contributed by atoms with Gasteiger partial charge in [-0.25, -0.2) is 0 Å². The average Bonchev–Trinajstić information content (AvgIpc) is 3.27. The van der Waals surface area contributed by atoms with Gasteiger partial charge in [0, 0.05) is 19.3 Å². The van der Waals surface area contributed by atoms with Crippen molar-refractivity contribution in [1.29, 1.82) is 0 Å². The number of carbonyl (C=O) groups is 1. The fourth-order valence-electron chi connectivity index (χ4n) is 5.41. The Morgan fingerprint density at radius 3 is 2.37 bits per heavy atom. The van der Waals surface area contributed by atoms with E-state index in [1.165, 1.54) is 0 Å². The van der Waals surface area contributed by atoms with Crippen molar-refractivity contribution in [1.82, 2.24) is 5.32 Å². The zero-order chi connectivity index (χ0) is 30.6. The molecule has 13 nitrogen and oxygen atoms in total. The maximum absolute atomic E-state index is 13.5. The fourth-order valence-corrected chi connectivity index (χ4v) is 5.41. The number of ether oxygens (including phenoxy) is 4. The van der Waals surface area contributed by atoms with Crippen molar-refractivity contribution >= 4 is 5.91 Å². The van der Waals surface area contributed by atoms with Crippen LogP contribution in [-0.2, 0) is 23.7 Å². The molecule has 13 heteroatoms. The van der Waals surface area contributed by atoms with Crippen LogP contribution in [0.4, 0.5) is 0 Å². The summed E-state index contributed by atoms with van der Waals surface area (Å²) in [6.07, 6.45) is -6.52. The molecule has 5 unspecified atom stereocenters. The Morgan fingerprint density at radius 2 is 1.78 bits per heavy atom. The summed E-state index contributed by atoms with van der Waals surface area (Å²) < 4.78 is 23.1. The minimum absolute atomic E-state index is 0.0546. The molecule has 9 N–H and O–H groups in total. The molecule has 0 bridgehead atoms. The third-order valence-corrected chi connectivity index (χ3v) is 8.07. The highest BCUT2D eigenvalue weighted by atomic mass is 16.7. The zero-order valence-electron chi connectivity index (χ0n) is 24.6. The molecule has 3 aliphatic heterocycles. The molecule has 0 aromatic rings. The second kappa shape index (κ2) is 14.5. The summed E-state index contributed by atoms with van der Waals surface area (Å²) in [5, 5.41) is 66.7. The van der Waals surface area contributed by atoms with Gasteiger partial charge >= 0.3 is 0 Å². The van der Waals surface area contributed by atoms with Gasteiger partial charge in [-0.1, -0.05) is 39.8 Å². The van der Waals surface area contributed by atoms with Crippen LogP contribution in [0.15, 0.2) is 12.2 Å². The highest BCUT2D eigenvalue weighted by molar-refractivity contribution is 5.80. The summed E-state index contributed by atoms with van der Waals surface area (Å²) in [6, 6.07) is -1.69. The van der Waals surface area contributed by atoms with Crippen molar-refractivity contribution in [3.05, 3.63) is 12.2 Å². The van der Waals surface area contributed by atoms with Gasteiger partial charge < -0.3 is 60.6 Å². The van der Waals surface area contributed by atoms with Crippen molar-refractivity contribution < 1.29 is 54.4 Å². The maximum Gasteiger partial charge on any atom is 0.228 e. The minimum Gasteiger partial charge on any atom is -0.393 e.